The number of H-pyrrole nitrogens is 1. The van der Waals surface area contributed by atoms with Gasteiger partial charge in [0.1, 0.15) is 5.82 Å². The molecule has 3 atom stereocenters. The third-order valence-electron chi connectivity index (χ3n) is 4.69. The molecule has 5 nitrogen and oxygen atoms in total. The van der Waals surface area contributed by atoms with Gasteiger partial charge >= 0.3 is 5.97 Å². The third kappa shape index (κ3) is 1.64. The van der Waals surface area contributed by atoms with Crippen LogP contribution in [0, 0.1) is 11.8 Å². The molecular formula is C14H15N3O2. The summed E-state index contributed by atoms with van der Waals surface area (Å²) in [5.74, 6) is 2.18. The first-order chi connectivity index (χ1) is 9.20. The van der Waals surface area contributed by atoms with Crippen LogP contribution in [0.1, 0.15) is 47.8 Å². The van der Waals surface area contributed by atoms with Crippen molar-refractivity contribution in [3.63, 3.8) is 0 Å². The van der Waals surface area contributed by atoms with Gasteiger partial charge in [-0.05, 0) is 37.2 Å². The van der Waals surface area contributed by atoms with E-state index in [4.69, 9.17) is 5.11 Å². The minimum atomic E-state index is -0.953. The maximum absolute atomic E-state index is 10.9. The molecule has 2 saturated carbocycles. The van der Waals surface area contributed by atoms with E-state index in [0.717, 1.165) is 23.2 Å². The lowest BCUT2D eigenvalue weighted by Gasteiger charge is -2.18. The Morgan fingerprint density at radius 2 is 2.26 bits per heavy atom. The van der Waals surface area contributed by atoms with Crippen LogP contribution in [0.2, 0.25) is 0 Å². The molecule has 0 saturated heterocycles. The summed E-state index contributed by atoms with van der Waals surface area (Å²) in [4.78, 5) is 22.9. The number of aromatic carboxylic acids is 1. The molecular weight excluding hydrogens is 242 g/mol. The number of carboxylic acid groups (broad SMARTS) is 1. The third-order valence-corrected chi connectivity index (χ3v) is 4.69. The van der Waals surface area contributed by atoms with Gasteiger partial charge in [-0.1, -0.05) is 6.42 Å². The quantitative estimate of drug-likeness (QED) is 0.866. The summed E-state index contributed by atoms with van der Waals surface area (Å²) in [5.41, 5.74) is 1.57. The summed E-state index contributed by atoms with van der Waals surface area (Å²) in [5, 5.41) is 8.97. The number of carboxylic acids is 1. The highest BCUT2D eigenvalue weighted by Crippen LogP contribution is 2.52. The first kappa shape index (κ1) is 11.0. The normalized spacial score (nSPS) is 29.2. The fourth-order valence-corrected chi connectivity index (χ4v) is 3.79. The maximum atomic E-state index is 10.9. The second-order valence-corrected chi connectivity index (χ2v) is 5.80. The molecule has 19 heavy (non-hydrogen) atoms. The van der Waals surface area contributed by atoms with E-state index in [1.165, 1.54) is 31.9 Å². The molecule has 2 bridgehead atoms. The van der Waals surface area contributed by atoms with Crippen LogP contribution in [0.5, 0.6) is 0 Å². The topological polar surface area (TPSA) is 78.9 Å². The highest BCUT2D eigenvalue weighted by Gasteiger charge is 2.41. The smallest absolute Gasteiger partial charge is 0.337 e. The van der Waals surface area contributed by atoms with Crippen molar-refractivity contribution in [3.8, 4) is 0 Å². The van der Waals surface area contributed by atoms with E-state index in [9.17, 15) is 4.79 Å². The van der Waals surface area contributed by atoms with Crippen molar-refractivity contribution in [1.29, 1.82) is 0 Å². The highest BCUT2D eigenvalue weighted by atomic mass is 16.4. The minimum absolute atomic E-state index is 0.204. The average Bonchev–Trinajstić information content (AvgIpc) is 3.11. The van der Waals surface area contributed by atoms with Crippen molar-refractivity contribution < 1.29 is 9.90 Å². The predicted molar refractivity (Wildman–Crippen MR) is 69.0 cm³/mol. The number of rotatable bonds is 2. The molecule has 3 unspecified atom stereocenters. The lowest BCUT2D eigenvalue weighted by atomic mass is 9.88. The molecule has 2 aromatic heterocycles. The van der Waals surface area contributed by atoms with Crippen LogP contribution in [0.15, 0.2) is 12.3 Å². The summed E-state index contributed by atoms with van der Waals surface area (Å²) in [6.07, 6.45) is 6.59. The van der Waals surface area contributed by atoms with Crippen LogP contribution >= 0.6 is 0 Å². The number of hydrogen-bond donors (Lipinski definition) is 2. The van der Waals surface area contributed by atoms with Crippen LogP contribution in [0.25, 0.3) is 11.2 Å². The molecule has 0 spiro atoms. The number of aromatic nitrogens is 3. The monoisotopic (exact) mass is 257 g/mol. The number of aromatic amines is 1. The van der Waals surface area contributed by atoms with Gasteiger partial charge in [0.05, 0.1) is 11.1 Å². The number of fused-ring (bicyclic) bond motifs is 3. The van der Waals surface area contributed by atoms with Gasteiger partial charge in [-0.3, -0.25) is 0 Å². The Balaban J connectivity index is 1.73. The Hall–Kier alpha value is -1.91. The van der Waals surface area contributed by atoms with Gasteiger partial charge in [0.15, 0.2) is 5.65 Å². The molecule has 0 radical (unpaired) electrons. The zero-order valence-electron chi connectivity index (χ0n) is 10.5. The second kappa shape index (κ2) is 3.79. The van der Waals surface area contributed by atoms with Crippen LogP contribution in [0.4, 0.5) is 0 Å². The van der Waals surface area contributed by atoms with Crippen molar-refractivity contribution >= 4 is 17.1 Å². The van der Waals surface area contributed by atoms with E-state index in [1.807, 2.05) is 0 Å². The van der Waals surface area contributed by atoms with Crippen LogP contribution in [-0.2, 0) is 0 Å². The van der Waals surface area contributed by atoms with Crippen LogP contribution in [-0.4, -0.2) is 26.0 Å². The first-order valence-electron chi connectivity index (χ1n) is 6.79. The number of nitrogens with zero attached hydrogens (tertiary/aromatic N) is 2. The van der Waals surface area contributed by atoms with E-state index in [-0.39, 0.29) is 5.56 Å². The fraction of sp³-hybridized carbons (Fsp3) is 0.500. The standard InChI is InChI=1S/C14H15N3O2/c18-14(19)9-5-11-13(15-6-9)17-12(16-11)10-4-7-1-2-8(10)3-7/h5-8,10H,1-4H2,(H,18,19)(H,15,16,17). The molecule has 2 aliphatic rings. The largest absolute Gasteiger partial charge is 0.478 e. The molecule has 98 valence electrons. The lowest BCUT2D eigenvalue weighted by molar-refractivity contribution is 0.0696. The average molecular weight is 257 g/mol. The molecule has 2 fully saturated rings. The molecule has 2 heterocycles. The summed E-state index contributed by atoms with van der Waals surface area (Å²) < 4.78 is 0. The molecule has 5 heteroatoms. The maximum Gasteiger partial charge on any atom is 0.337 e. The number of imidazole rings is 1. The molecule has 0 amide bonds. The number of carbonyl (C=O) groups is 1. The number of hydrogen-bond acceptors (Lipinski definition) is 3. The molecule has 4 rings (SSSR count). The fourth-order valence-electron chi connectivity index (χ4n) is 3.79. The Bertz CT molecular complexity index is 664. The molecule has 2 N–H and O–H groups in total. The van der Waals surface area contributed by atoms with Crippen molar-refractivity contribution in [2.24, 2.45) is 11.8 Å². The predicted octanol–water partition coefficient (Wildman–Crippen LogP) is 2.56. The van der Waals surface area contributed by atoms with E-state index < -0.39 is 5.97 Å². The van der Waals surface area contributed by atoms with Crippen LogP contribution < -0.4 is 0 Å². The molecule has 2 aliphatic carbocycles. The van der Waals surface area contributed by atoms with Gasteiger partial charge in [0, 0.05) is 12.1 Å². The van der Waals surface area contributed by atoms with Gasteiger partial charge in [-0.2, -0.15) is 0 Å². The Morgan fingerprint density at radius 1 is 1.37 bits per heavy atom. The highest BCUT2D eigenvalue weighted by molar-refractivity contribution is 5.90. The van der Waals surface area contributed by atoms with E-state index in [0.29, 0.717) is 11.6 Å². The summed E-state index contributed by atoms with van der Waals surface area (Å²) in [7, 11) is 0. The molecule has 0 aliphatic heterocycles. The van der Waals surface area contributed by atoms with Crippen molar-refractivity contribution in [3.05, 3.63) is 23.7 Å². The van der Waals surface area contributed by atoms with Crippen molar-refractivity contribution in [1.82, 2.24) is 15.0 Å². The van der Waals surface area contributed by atoms with Crippen molar-refractivity contribution in [2.75, 3.05) is 0 Å². The molecule has 2 aromatic rings. The SMILES string of the molecule is O=C(O)c1cnc2nc(C3CC4CCC3C4)[nH]c2c1. The summed E-state index contributed by atoms with van der Waals surface area (Å²) in [6, 6.07) is 1.62. The van der Waals surface area contributed by atoms with Crippen molar-refractivity contribution in [2.45, 2.75) is 31.6 Å². The zero-order valence-corrected chi connectivity index (χ0v) is 10.5. The van der Waals surface area contributed by atoms with E-state index in [1.54, 1.807) is 6.07 Å². The second-order valence-electron chi connectivity index (χ2n) is 5.80. The van der Waals surface area contributed by atoms with Gasteiger partial charge < -0.3 is 10.1 Å². The zero-order chi connectivity index (χ0) is 13.0. The van der Waals surface area contributed by atoms with E-state index >= 15 is 0 Å². The lowest BCUT2D eigenvalue weighted by Crippen LogP contribution is -2.09. The van der Waals surface area contributed by atoms with Crippen LogP contribution in [0.3, 0.4) is 0 Å². The Labute approximate surface area is 110 Å². The van der Waals surface area contributed by atoms with Gasteiger partial charge in [-0.15, -0.1) is 0 Å². The molecule has 0 aromatic carbocycles. The van der Waals surface area contributed by atoms with Gasteiger partial charge in [0.25, 0.3) is 0 Å². The number of pyridine rings is 1. The first-order valence-corrected chi connectivity index (χ1v) is 6.79. The van der Waals surface area contributed by atoms with Gasteiger partial charge in [-0.25, -0.2) is 14.8 Å². The minimum Gasteiger partial charge on any atom is -0.478 e. The van der Waals surface area contributed by atoms with E-state index in [2.05, 4.69) is 15.0 Å². The number of nitrogens with one attached hydrogen (secondary N) is 1. The van der Waals surface area contributed by atoms with Gasteiger partial charge in [0.2, 0.25) is 0 Å². The Morgan fingerprint density at radius 3 is 2.95 bits per heavy atom. The summed E-state index contributed by atoms with van der Waals surface area (Å²) >= 11 is 0. The Kier molecular flexibility index (Phi) is 2.19. The summed E-state index contributed by atoms with van der Waals surface area (Å²) in [6.45, 7) is 0.